The zero-order valence-corrected chi connectivity index (χ0v) is 16.4. The second-order valence-electron chi connectivity index (χ2n) is 7.94. The monoisotopic (exact) mass is 370 g/mol. The second-order valence-corrected chi connectivity index (χ2v) is 7.94. The summed E-state index contributed by atoms with van der Waals surface area (Å²) in [6.45, 7) is 9.82. The molecule has 2 heterocycles. The third-order valence-electron chi connectivity index (χ3n) is 5.36. The van der Waals surface area contributed by atoms with Crippen LogP contribution in [-0.4, -0.2) is 67.2 Å². The standard InChI is InChI=1S/C21H30N4O2/c1-16-12-25(13-17(2)27-16)14-18-6-8-24(9-7-18)15-21(26)23-20-5-3-4-19(10-20)11-22/h3-5,10,16-18H,6-9,12-15H2,1-2H3,(H,23,26). The average Bonchev–Trinajstić information content (AvgIpc) is 2.62. The number of hydrogen-bond acceptors (Lipinski definition) is 5. The van der Waals surface area contributed by atoms with Crippen molar-refractivity contribution in [3.8, 4) is 6.07 Å². The van der Waals surface area contributed by atoms with E-state index < -0.39 is 0 Å². The summed E-state index contributed by atoms with van der Waals surface area (Å²) in [5.41, 5.74) is 1.24. The van der Waals surface area contributed by atoms with Crippen molar-refractivity contribution in [2.75, 3.05) is 44.6 Å². The van der Waals surface area contributed by atoms with E-state index >= 15 is 0 Å². The van der Waals surface area contributed by atoms with Gasteiger partial charge in [0.1, 0.15) is 0 Å². The van der Waals surface area contributed by atoms with Crippen molar-refractivity contribution in [3.05, 3.63) is 29.8 Å². The Morgan fingerprint density at radius 2 is 1.93 bits per heavy atom. The summed E-state index contributed by atoms with van der Waals surface area (Å²) < 4.78 is 5.82. The van der Waals surface area contributed by atoms with Crippen LogP contribution in [-0.2, 0) is 9.53 Å². The molecule has 6 nitrogen and oxygen atoms in total. The molecule has 27 heavy (non-hydrogen) atoms. The molecule has 2 atom stereocenters. The summed E-state index contributed by atoms with van der Waals surface area (Å²) in [7, 11) is 0. The molecule has 0 bridgehead atoms. The normalized spacial score (nSPS) is 25.1. The van der Waals surface area contributed by atoms with Gasteiger partial charge in [-0.3, -0.25) is 14.6 Å². The van der Waals surface area contributed by atoms with Gasteiger partial charge in [-0.15, -0.1) is 0 Å². The molecule has 1 aromatic carbocycles. The lowest BCUT2D eigenvalue weighted by atomic mass is 9.95. The molecule has 1 aromatic rings. The molecule has 2 aliphatic heterocycles. The van der Waals surface area contributed by atoms with E-state index in [1.165, 1.54) is 0 Å². The third kappa shape index (κ3) is 6.03. The Bertz CT molecular complexity index is 669. The molecule has 0 radical (unpaired) electrons. The highest BCUT2D eigenvalue weighted by molar-refractivity contribution is 5.92. The fourth-order valence-corrected chi connectivity index (χ4v) is 4.20. The minimum Gasteiger partial charge on any atom is -0.373 e. The van der Waals surface area contributed by atoms with Gasteiger partial charge >= 0.3 is 0 Å². The minimum absolute atomic E-state index is 0.0145. The lowest BCUT2D eigenvalue weighted by molar-refractivity contribution is -0.117. The number of likely N-dealkylation sites (tertiary alicyclic amines) is 1. The fraction of sp³-hybridized carbons (Fsp3) is 0.619. The maximum Gasteiger partial charge on any atom is 0.238 e. The molecular weight excluding hydrogens is 340 g/mol. The number of carbonyl (C=O) groups excluding carboxylic acids is 1. The Kier molecular flexibility index (Phi) is 6.84. The van der Waals surface area contributed by atoms with Crippen molar-refractivity contribution >= 4 is 11.6 Å². The number of nitrogens with zero attached hydrogens (tertiary/aromatic N) is 3. The van der Waals surface area contributed by atoms with Crippen molar-refractivity contribution in [3.63, 3.8) is 0 Å². The van der Waals surface area contributed by atoms with Crippen LogP contribution >= 0.6 is 0 Å². The molecule has 2 unspecified atom stereocenters. The number of hydrogen-bond donors (Lipinski definition) is 1. The molecule has 0 aliphatic carbocycles. The first-order valence-electron chi connectivity index (χ1n) is 9.92. The van der Waals surface area contributed by atoms with E-state index in [-0.39, 0.29) is 5.91 Å². The Balaban J connectivity index is 1.40. The molecule has 0 aromatic heterocycles. The summed E-state index contributed by atoms with van der Waals surface area (Å²) in [6.07, 6.45) is 2.91. The van der Waals surface area contributed by atoms with Crippen LogP contribution < -0.4 is 5.32 Å². The van der Waals surface area contributed by atoms with E-state index in [0.717, 1.165) is 45.6 Å². The van der Waals surface area contributed by atoms with E-state index in [1.54, 1.807) is 18.2 Å². The van der Waals surface area contributed by atoms with Crippen molar-refractivity contribution in [2.45, 2.75) is 38.9 Å². The van der Waals surface area contributed by atoms with E-state index in [1.807, 2.05) is 6.07 Å². The van der Waals surface area contributed by atoms with Gasteiger partial charge in [0, 0.05) is 25.3 Å². The van der Waals surface area contributed by atoms with Crippen LogP contribution in [0.3, 0.4) is 0 Å². The number of rotatable bonds is 5. The van der Waals surface area contributed by atoms with Crippen LogP contribution in [0.5, 0.6) is 0 Å². The lowest BCUT2D eigenvalue weighted by Crippen LogP contribution is -2.48. The lowest BCUT2D eigenvalue weighted by Gasteiger charge is -2.39. The Labute approximate surface area is 162 Å². The van der Waals surface area contributed by atoms with Crippen LogP contribution in [0, 0.1) is 17.2 Å². The zero-order chi connectivity index (χ0) is 19.2. The number of benzene rings is 1. The van der Waals surface area contributed by atoms with Crippen LogP contribution in [0.2, 0.25) is 0 Å². The summed E-state index contributed by atoms with van der Waals surface area (Å²) in [5, 5.41) is 11.8. The average molecular weight is 370 g/mol. The minimum atomic E-state index is -0.0145. The molecule has 6 heteroatoms. The summed E-state index contributed by atoms with van der Waals surface area (Å²) in [5.74, 6) is 0.688. The fourth-order valence-electron chi connectivity index (χ4n) is 4.20. The van der Waals surface area contributed by atoms with Crippen LogP contribution in [0.15, 0.2) is 24.3 Å². The van der Waals surface area contributed by atoms with E-state index in [2.05, 4.69) is 35.0 Å². The van der Waals surface area contributed by atoms with Crippen molar-refractivity contribution in [2.24, 2.45) is 5.92 Å². The maximum absolute atomic E-state index is 12.3. The van der Waals surface area contributed by atoms with Gasteiger partial charge in [0.05, 0.1) is 30.4 Å². The number of anilines is 1. The zero-order valence-electron chi connectivity index (χ0n) is 16.4. The summed E-state index contributed by atoms with van der Waals surface area (Å²) in [6, 6.07) is 9.13. The van der Waals surface area contributed by atoms with Gasteiger partial charge in [0.15, 0.2) is 0 Å². The molecule has 0 spiro atoms. The predicted octanol–water partition coefficient (Wildman–Crippen LogP) is 2.32. The molecule has 3 rings (SSSR count). The predicted molar refractivity (Wildman–Crippen MR) is 105 cm³/mol. The van der Waals surface area contributed by atoms with Gasteiger partial charge in [0.25, 0.3) is 0 Å². The van der Waals surface area contributed by atoms with Crippen LogP contribution in [0.4, 0.5) is 5.69 Å². The van der Waals surface area contributed by atoms with Crippen molar-refractivity contribution in [1.29, 1.82) is 5.26 Å². The highest BCUT2D eigenvalue weighted by Crippen LogP contribution is 2.21. The Morgan fingerprint density at radius 3 is 2.59 bits per heavy atom. The molecule has 2 saturated heterocycles. The van der Waals surface area contributed by atoms with E-state index in [0.29, 0.717) is 35.9 Å². The summed E-state index contributed by atoms with van der Waals surface area (Å²) in [4.78, 5) is 17.1. The number of carbonyl (C=O) groups is 1. The van der Waals surface area contributed by atoms with Crippen LogP contribution in [0.1, 0.15) is 32.3 Å². The van der Waals surface area contributed by atoms with Gasteiger partial charge in [-0.25, -0.2) is 0 Å². The number of morpholine rings is 1. The highest BCUT2D eigenvalue weighted by atomic mass is 16.5. The molecule has 146 valence electrons. The Morgan fingerprint density at radius 1 is 1.22 bits per heavy atom. The van der Waals surface area contributed by atoms with E-state index in [4.69, 9.17) is 10.00 Å². The summed E-state index contributed by atoms with van der Waals surface area (Å²) >= 11 is 0. The number of nitriles is 1. The highest BCUT2D eigenvalue weighted by Gasteiger charge is 2.27. The SMILES string of the molecule is CC1CN(CC2CCN(CC(=O)Nc3cccc(C#N)c3)CC2)CC(C)O1. The maximum atomic E-state index is 12.3. The van der Waals surface area contributed by atoms with Gasteiger partial charge in [-0.1, -0.05) is 6.07 Å². The number of amides is 1. The smallest absolute Gasteiger partial charge is 0.238 e. The molecule has 0 saturated carbocycles. The quantitative estimate of drug-likeness (QED) is 0.861. The number of piperidine rings is 1. The number of nitrogens with one attached hydrogen (secondary N) is 1. The first-order valence-corrected chi connectivity index (χ1v) is 9.92. The third-order valence-corrected chi connectivity index (χ3v) is 5.36. The first-order chi connectivity index (χ1) is 13.0. The Hall–Kier alpha value is -1.94. The number of ether oxygens (including phenoxy) is 1. The molecule has 2 aliphatic rings. The van der Waals surface area contributed by atoms with Crippen molar-refractivity contribution < 1.29 is 9.53 Å². The van der Waals surface area contributed by atoms with Gasteiger partial charge in [0.2, 0.25) is 5.91 Å². The van der Waals surface area contributed by atoms with Crippen molar-refractivity contribution in [1.82, 2.24) is 9.80 Å². The van der Waals surface area contributed by atoms with E-state index in [9.17, 15) is 4.79 Å². The van der Waals surface area contributed by atoms with Gasteiger partial charge < -0.3 is 10.1 Å². The second kappa shape index (κ2) is 9.32. The largest absolute Gasteiger partial charge is 0.373 e. The van der Waals surface area contributed by atoms with Crippen LogP contribution in [0.25, 0.3) is 0 Å². The molecule has 1 N–H and O–H groups in total. The molecule has 1 amide bonds. The van der Waals surface area contributed by atoms with Gasteiger partial charge in [-0.2, -0.15) is 5.26 Å². The topological polar surface area (TPSA) is 68.6 Å². The molecular formula is C21H30N4O2. The first kappa shape index (κ1) is 19.8. The van der Waals surface area contributed by atoms with Gasteiger partial charge in [-0.05, 0) is 63.9 Å². The molecule has 2 fully saturated rings.